The maximum atomic E-state index is 10.6. The lowest BCUT2D eigenvalue weighted by Gasteiger charge is -2.15. The van der Waals surface area contributed by atoms with Crippen LogP contribution in [0.25, 0.3) is 0 Å². The first-order valence-electron chi connectivity index (χ1n) is 4.03. The Labute approximate surface area is 66.9 Å². The van der Waals surface area contributed by atoms with Crippen molar-refractivity contribution in [1.82, 2.24) is 0 Å². The maximum absolute atomic E-state index is 10.6. The van der Waals surface area contributed by atoms with E-state index in [9.17, 15) is 4.79 Å². The molecule has 0 spiro atoms. The average Bonchev–Trinajstić information content (AvgIpc) is 2.33. The molecule has 62 valence electrons. The minimum absolute atomic E-state index is 0.229. The lowest BCUT2D eigenvalue weighted by molar-refractivity contribution is -0.142. The molecule has 2 atom stereocenters. The summed E-state index contributed by atoms with van der Waals surface area (Å²) in [5, 5.41) is 8.72. The van der Waals surface area contributed by atoms with Crippen LogP contribution in [-0.4, -0.2) is 11.1 Å². The van der Waals surface area contributed by atoms with Crippen molar-refractivity contribution in [3.8, 4) is 0 Å². The molecule has 0 aromatic carbocycles. The Bertz CT molecular complexity index is 184. The van der Waals surface area contributed by atoms with Crippen LogP contribution >= 0.6 is 0 Å². The Morgan fingerprint density at radius 3 is 2.82 bits per heavy atom. The molecule has 2 nitrogen and oxygen atoms in total. The van der Waals surface area contributed by atoms with Crippen LogP contribution in [0.1, 0.15) is 26.2 Å². The number of carbonyl (C=O) groups is 1. The van der Waals surface area contributed by atoms with E-state index in [1.807, 2.05) is 0 Å². The highest BCUT2D eigenvalue weighted by molar-refractivity contribution is 5.70. The highest BCUT2D eigenvalue weighted by atomic mass is 16.4. The van der Waals surface area contributed by atoms with Crippen LogP contribution in [0.2, 0.25) is 0 Å². The van der Waals surface area contributed by atoms with Gasteiger partial charge in [0, 0.05) is 0 Å². The Kier molecular flexibility index (Phi) is 2.32. The highest BCUT2D eigenvalue weighted by Crippen LogP contribution is 2.35. The molecule has 0 aromatic heterocycles. The molecule has 2 heteroatoms. The van der Waals surface area contributed by atoms with E-state index in [2.05, 4.69) is 6.58 Å². The van der Waals surface area contributed by atoms with Crippen molar-refractivity contribution in [2.45, 2.75) is 26.2 Å². The van der Waals surface area contributed by atoms with E-state index in [1.54, 1.807) is 6.92 Å². The van der Waals surface area contributed by atoms with Crippen molar-refractivity contribution in [3.63, 3.8) is 0 Å². The third-order valence-electron chi connectivity index (χ3n) is 2.53. The number of hydrogen-bond acceptors (Lipinski definition) is 1. The van der Waals surface area contributed by atoms with Crippen molar-refractivity contribution in [2.75, 3.05) is 0 Å². The van der Waals surface area contributed by atoms with Crippen molar-refractivity contribution in [3.05, 3.63) is 12.2 Å². The lowest BCUT2D eigenvalue weighted by atomic mass is 9.90. The zero-order valence-corrected chi connectivity index (χ0v) is 6.84. The monoisotopic (exact) mass is 154 g/mol. The Morgan fingerprint density at radius 1 is 1.82 bits per heavy atom. The molecule has 0 aliphatic heterocycles. The molecule has 0 aromatic rings. The molecule has 0 radical (unpaired) electrons. The third kappa shape index (κ3) is 1.62. The lowest BCUT2D eigenvalue weighted by Crippen LogP contribution is -2.18. The van der Waals surface area contributed by atoms with Crippen molar-refractivity contribution in [1.29, 1.82) is 0 Å². The van der Waals surface area contributed by atoms with Gasteiger partial charge in [-0.05, 0) is 25.2 Å². The summed E-state index contributed by atoms with van der Waals surface area (Å²) in [7, 11) is 0. The number of hydrogen-bond donors (Lipinski definition) is 1. The summed E-state index contributed by atoms with van der Waals surface area (Å²) < 4.78 is 0. The number of allylic oxidation sites excluding steroid dienone is 1. The SMILES string of the molecule is C=C1CCCC1C(C)C(=O)O. The van der Waals surface area contributed by atoms with Gasteiger partial charge in [0.05, 0.1) is 5.92 Å². The van der Waals surface area contributed by atoms with E-state index in [0.717, 1.165) is 24.8 Å². The van der Waals surface area contributed by atoms with Gasteiger partial charge in [-0.2, -0.15) is 0 Å². The molecule has 0 heterocycles. The fourth-order valence-corrected chi connectivity index (χ4v) is 1.71. The number of carboxylic acid groups (broad SMARTS) is 1. The molecule has 1 aliphatic rings. The maximum Gasteiger partial charge on any atom is 0.306 e. The fourth-order valence-electron chi connectivity index (χ4n) is 1.71. The van der Waals surface area contributed by atoms with Crippen LogP contribution in [0, 0.1) is 11.8 Å². The van der Waals surface area contributed by atoms with Crippen molar-refractivity contribution in [2.24, 2.45) is 11.8 Å². The molecular formula is C9H14O2. The average molecular weight is 154 g/mol. The van der Waals surface area contributed by atoms with Gasteiger partial charge < -0.3 is 5.11 Å². The molecule has 1 rings (SSSR count). The number of rotatable bonds is 2. The molecule has 0 saturated heterocycles. The van der Waals surface area contributed by atoms with Gasteiger partial charge in [0.2, 0.25) is 0 Å². The van der Waals surface area contributed by atoms with E-state index in [-0.39, 0.29) is 11.8 Å². The minimum atomic E-state index is -0.696. The van der Waals surface area contributed by atoms with E-state index in [4.69, 9.17) is 5.11 Å². The van der Waals surface area contributed by atoms with Gasteiger partial charge in [-0.25, -0.2) is 0 Å². The second-order valence-corrected chi connectivity index (χ2v) is 3.28. The van der Waals surface area contributed by atoms with Gasteiger partial charge in [-0.15, -0.1) is 0 Å². The highest BCUT2D eigenvalue weighted by Gasteiger charge is 2.28. The molecule has 11 heavy (non-hydrogen) atoms. The van der Waals surface area contributed by atoms with Gasteiger partial charge in [0.1, 0.15) is 0 Å². The molecule has 0 amide bonds. The summed E-state index contributed by atoms with van der Waals surface area (Å²) in [4.78, 5) is 10.6. The quantitative estimate of drug-likeness (QED) is 0.618. The summed E-state index contributed by atoms with van der Waals surface area (Å²) >= 11 is 0. The van der Waals surface area contributed by atoms with Crippen LogP contribution < -0.4 is 0 Å². The molecule has 2 unspecified atom stereocenters. The van der Waals surface area contributed by atoms with Gasteiger partial charge >= 0.3 is 5.97 Å². The van der Waals surface area contributed by atoms with Crippen LogP contribution in [0.5, 0.6) is 0 Å². The van der Waals surface area contributed by atoms with E-state index in [0.29, 0.717) is 0 Å². The van der Waals surface area contributed by atoms with E-state index >= 15 is 0 Å². The molecule has 1 N–H and O–H groups in total. The number of carboxylic acids is 1. The van der Waals surface area contributed by atoms with Crippen LogP contribution in [-0.2, 0) is 4.79 Å². The Hall–Kier alpha value is -0.790. The zero-order chi connectivity index (χ0) is 8.43. The largest absolute Gasteiger partial charge is 0.481 e. The first-order chi connectivity index (χ1) is 5.13. The smallest absolute Gasteiger partial charge is 0.306 e. The van der Waals surface area contributed by atoms with E-state index in [1.165, 1.54) is 0 Å². The van der Waals surface area contributed by atoms with E-state index < -0.39 is 5.97 Å². The van der Waals surface area contributed by atoms with Crippen LogP contribution in [0.15, 0.2) is 12.2 Å². The third-order valence-corrected chi connectivity index (χ3v) is 2.53. The zero-order valence-electron chi connectivity index (χ0n) is 6.84. The standard InChI is InChI=1S/C9H14O2/c1-6-4-3-5-8(6)7(2)9(10)11/h7-8H,1,3-5H2,2H3,(H,10,11). The molecular weight excluding hydrogens is 140 g/mol. The summed E-state index contributed by atoms with van der Waals surface area (Å²) in [5.41, 5.74) is 1.12. The predicted octanol–water partition coefficient (Wildman–Crippen LogP) is 2.06. The van der Waals surface area contributed by atoms with Gasteiger partial charge in [0.25, 0.3) is 0 Å². The first kappa shape index (κ1) is 8.31. The predicted molar refractivity (Wildman–Crippen MR) is 43.3 cm³/mol. The summed E-state index contributed by atoms with van der Waals surface area (Å²) in [5.74, 6) is -0.712. The molecule has 1 fully saturated rings. The van der Waals surface area contributed by atoms with Gasteiger partial charge in [-0.3, -0.25) is 4.79 Å². The second-order valence-electron chi connectivity index (χ2n) is 3.28. The van der Waals surface area contributed by atoms with Gasteiger partial charge in [-0.1, -0.05) is 19.1 Å². The van der Waals surface area contributed by atoms with Crippen molar-refractivity contribution >= 4 is 5.97 Å². The molecule has 1 aliphatic carbocycles. The Balaban J connectivity index is 2.59. The summed E-state index contributed by atoms with van der Waals surface area (Å²) in [6, 6.07) is 0. The summed E-state index contributed by atoms with van der Waals surface area (Å²) in [6.07, 6.45) is 3.13. The second kappa shape index (κ2) is 3.07. The molecule has 1 saturated carbocycles. The van der Waals surface area contributed by atoms with Gasteiger partial charge in [0.15, 0.2) is 0 Å². The number of aliphatic carboxylic acids is 1. The Morgan fingerprint density at radius 2 is 2.45 bits per heavy atom. The summed E-state index contributed by atoms with van der Waals surface area (Å²) in [6.45, 7) is 5.64. The topological polar surface area (TPSA) is 37.3 Å². The fraction of sp³-hybridized carbons (Fsp3) is 0.667. The normalized spacial score (nSPS) is 27.0. The molecule has 0 bridgehead atoms. The van der Waals surface area contributed by atoms with Crippen LogP contribution in [0.3, 0.4) is 0 Å². The van der Waals surface area contributed by atoms with Crippen LogP contribution in [0.4, 0.5) is 0 Å². The van der Waals surface area contributed by atoms with Crippen molar-refractivity contribution < 1.29 is 9.90 Å². The minimum Gasteiger partial charge on any atom is -0.481 e. The first-order valence-corrected chi connectivity index (χ1v) is 4.03.